The molecular weight excluding hydrogens is 215 g/mol. The molecule has 0 amide bonds. The lowest BCUT2D eigenvalue weighted by molar-refractivity contribution is -0.126. The van der Waals surface area contributed by atoms with Crippen molar-refractivity contribution < 1.29 is 18.3 Å². The van der Waals surface area contributed by atoms with E-state index in [1.165, 1.54) is 37.9 Å². The van der Waals surface area contributed by atoms with Crippen LogP contribution in [-0.4, -0.2) is 23.5 Å². The zero-order valence-electron chi connectivity index (χ0n) is 8.46. The van der Waals surface area contributed by atoms with Crippen LogP contribution < -0.4 is 0 Å². The summed E-state index contributed by atoms with van der Waals surface area (Å²) in [6, 6.07) is 2.83. The molecule has 2 aromatic rings. The SMILES string of the molecule is COC=O.Fc1cccnc1-c1ncco1. The van der Waals surface area contributed by atoms with E-state index in [0.717, 1.165) is 0 Å². The predicted octanol–water partition coefficient (Wildman–Crippen LogP) is 1.66. The van der Waals surface area contributed by atoms with Crippen LogP contribution in [0.25, 0.3) is 11.6 Å². The van der Waals surface area contributed by atoms with Gasteiger partial charge in [0.2, 0.25) is 5.89 Å². The molecule has 16 heavy (non-hydrogen) atoms. The van der Waals surface area contributed by atoms with Crippen LogP contribution in [0.1, 0.15) is 0 Å². The summed E-state index contributed by atoms with van der Waals surface area (Å²) in [6.07, 6.45) is 4.32. The molecule has 6 heteroatoms. The largest absolute Gasteiger partial charge is 0.471 e. The highest BCUT2D eigenvalue weighted by Gasteiger charge is 2.08. The van der Waals surface area contributed by atoms with Gasteiger partial charge in [0.15, 0.2) is 11.5 Å². The van der Waals surface area contributed by atoms with E-state index in [1.54, 1.807) is 0 Å². The number of carbonyl (C=O) groups excluding carboxylic acids is 1. The highest BCUT2D eigenvalue weighted by Crippen LogP contribution is 2.16. The second-order valence-corrected chi connectivity index (χ2v) is 2.50. The molecule has 0 saturated carbocycles. The predicted molar refractivity (Wildman–Crippen MR) is 52.8 cm³/mol. The smallest absolute Gasteiger partial charge is 0.292 e. The summed E-state index contributed by atoms with van der Waals surface area (Å²) in [4.78, 5) is 16.5. The van der Waals surface area contributed by atoms with Crippen LogP contribution >= 0.6 is 0 Å². The molecule has 0 spiro atoms. The van der Waals surface area contributed by atoms with E-state index in [4.69, 9.17) is 9.21 Å². The third-order valence-corrected chi connectivity index (χ3v) is 1.49. The maximum Gasteiger partial charge on any atom is 0.292 e. The molecule has 2 aromatic heterocycles. The first-order valence-electron chi connectivity index (χ1n) is 4.26. The Bertz CT molecular complexity index is 431. The Morgan fingerprint density at radius 2 is 2.19 bits per heavy atom. The fourth-order valence-corrected chi connectivity index (χ4v) is 0.883. The van der Waals surface area contributed by atoms with Gasteiger partial charge in [-0.3, -0.25) is 4.79 Å². The summed E-state index contributed by atoms with van der Waals surface area (Å²) in [5.74, 6) is -0.229. The maximum atomic E-state index is 13.0. The van der Waals surface area contributed by atoms with Crippen molar-refractivity contribution in [1.82, 2.24) is 9.97 Å². The molecule has 0 saturated heterocycles. The topological polar surface area (TPSA) is 65.2 Å². The Labute approximate surface area is 90.9 Å². The van der Waals surface area contributed by atoms with Crippen molar-refractivity contribution in [2.24, 2.45) is 0 Å². The molecule has 0 aliphatic carbocycles. The number of hydrogen-bond donors (Lipinski definition) is 0. The van der Waals surface area contributed by atoms with Gasteiger partial charge in [0.1, 0.15) is 6.26 Å². The standard InChI is InChI=1S/C8H5FN2O.C2H4O2/c9-6-2-1-3-10-7(6)8-11-4-5-12-8;1-4-2-3/h1-5H;2H,1H3. The van der Waals surface area contributed by atoms with Gasteiger partial charge in [-0.2, -0.15) is 0 Å². The first-order valence-corrected chi connectivity index (χ1v) is 4.26. The van der Waals surface area contributed by atoms with Gasteiger partial charge in [0.05, 0.1) is 13.3 Å². The zero-order chi connectivity index (χ0) is 11.8. The van der Waals surface area contributed by atoms with Crippen molar-refractivity contribution >= 4 is 6.47 Å². The van der Waals surface area contributed by atoms with Crippen LogP contribution in [-0.2, 0) is 9.53 Å². The maximum absolute atomic E-state index is 13.0. The van der Waals surface area contributed by atoms with Crippen LogP contribution in [0.3, 0.4) is 0 Å². The number of oxazole rings is 1. The van der Waals surface area contributed by atoms with E-state index in [1.807, 2.05) is 0 Å². The van der Waals surface area contributed by atoms with E-state index in [-0.39, 0.29) is 11.6 Å². The lowest BCUT2D eigenvalue weighted by atomic mass is 10.3. The van der Waals surface area contributed by atoms with Crippen molar-refractivity contribution in [1.29, 1.82) is 0 Å². The molecule has 2 rings (SSSR count). The van der Waals surface area contributed by atoms with Gasteiger partial charge in [0.25, 0.3) is 6.47 Å². The normalized spacial score (nSPS) is 8.88. The molecule has 5 nitrogen and oxygen atoms in total. The van der Waals surface area contributed by atoms with Gasteiger partial charge in [-0.1, -0.05) is 0 Å². The molecule has 0 atom stereocenters. The van der Waals surface area contributed by atoms with Gasteiger partial charge in [0, 0.05) is 6.20 Å². The van der Waals surface area contributed by atoms with Crippen LogP contribution in [0.4, 0.5) is 4.39 Å². The van der Waals surface area contributed by atoms with Crippen molar-refractivity contribution in [2.75, 3.05) is 7.11 Å². The third kappa shape index (κ3) is 3.16. The molecule has 0 aliphatic heterocycles. The average molecular weight is 224 g/mol. The number of hydrogen-bond acceptors (Lipinski definition) is 5. The van der Waals surface area contributed by atoms with E-state index in [2.05, 4.69) is 14.7 Å². The number of pyridine rings is 1. The van der Waals surface area contributed by atoms with Gasteiger partial charge in [-0.25, -0.2) is 14.4 Å². The minimum Gasteiger partial charge on any atom is -0.471 e. The molecule has 0 N–H and O–H groups in total. The Balaban J connectivity index is 0.000000280. The van der Waals surface area contributed by atoms with E-state index in [0.29, 0.717) is 6.47 Å². The highest BCUT2D eigenvalue weighted by molar-refractivity contribution is 5.46. The molecule has 0 unspecified atom stereocenters. The quantitative estimate of drug-likeness (QED) is 0.726. The second kappa shape index (κ2) is 6.28. The highest BCUT2D eigenvalue weighted by atomic mass is 19.1. The van der Waals surface area contributed by atoms with Crippen molar-refractivity contribution in [3.05, 3.63) is 36.6 Å². The van der Waals surface area contributed by atoms with E-state index >= 15 is 0 Å². The molecule has 0 fully saturated rings. The molecular formula is C10H9FN2O3. The summed E-state index contributed by atoms with van der Waals surface area (Å²) in [7, 11) is 1.31. The Kier molecular flexibility index (Phi) is 4.65. The number of methoxy groups -OCH3 is 1. The first-order chi connectivity index (χ1) is 7.79. The van der Waals surface area contributed by atoms with Crippen LogP contribution in [0.5, 0.6) is 0 Å². The van der Waals surface area contributed by atoms with Gasteiger partial charge < -0.3 is 9.15 Å². The molecule has 0 bridgehead atoms. The van der Waals surface area contributed by atoms with Crippen LogP contribution in [0, 0.1) is 5.82 Å². The second-order valence-electron chi connectivity index (χ2n) is 2.50. The number of halogens is 1. The zero-order valence-corrected chi connectivity index (χ0v) is 8.46. The lowest BCUT2D eigenvalue weighted by Crippen LogP contribution is -1.87. The van der Waals surface area contributed by atoms with Gasteiger partial charge in [-0.15, -0.1) is 0 Å². The summed E-state index contributed by atoms with van der Waals surface area (Å²) >= 11 is 0. The minimum atomic E-state index is -0.431. The molecule has 0 aromatic carbocycles. The molecule has 2 heterocycles. The minimum absolute atomic E-state index is 0.141. The number of ether oxygens (including phenoxy) is 1. The Morgan fingerprint density at radius 1 is 1.44 bits per heavy atom. The summed E-state index contributed by atoms with van der Waals surface area (Å²) in [6.45, 7) is 0.375. The van der Waals surface area contributed by atoms with E-state index in [9.17, 15) is 4.39 Å². The molecule has 0 radical (unpaired) electrons. The molecule has 0 aliphatic rings. The average Bonchev–Trinajstić information content (AvgIpc) is 2.83. The van der Waals surface area contributed by atoms with E-state index < -0.39 is 5.82 Å². The summed E-state index contributed by atoms with van der Waals surface area (Å²) in [5, 5.41) is 0. The van der Waals surface area contributed by atoms with Gasteiger partial charge >= 0.3 is 0 Å². The Hall–Kier alpha value is -2.24. The van der Waals surface area contributed by atoms with Crippen molar-refractivity contribution in [2.45, 2.75) is 0 Å². The molecule has 84 valence electrons. The summed E-state index contributed by atoms with van der Waals surface area (Å²) < 4.78 is 21.7. The number of aromatic nitrogens is 2. The van der Waals surface area contributed by atoms with Crippen LogP contribution in [0.2, 0.25) is 0 Å². The van der Waals surface area contributed by atoms with Crippen LogP contribution in [0.15, 0.2) is 35.2 Å². The van der Waals surface area contributed by atoms with Crippen molar-refractivity contribution in [3.8, 4) is 11.6 Å². The monoisotopic (exact) mass is 224 g/mol. The number of nitrogens with zero attached hydrogens (tertiary/aromatic N) is 2. The number of carbonyl (C=O) groups is 1. The fourth-order valence-electron chi connectivity index (χ4n) is 0.883. The van der Waals surface area contributed by atoms with Crippen molar-refractivity contribution in [3.63, 3.8) is 0 Å². The van der Waals surface area contributed by atoms with Gasteiger partial charge in [-0.05, 0) is 12.1 Å². The summed E-state index contributed by atoms with van der Waals surface area (Å²) in [5.41, 5.74) is 0.141. The third-order valence-electron chi connectivity index (χ3n) is 1.49. The first kappa shape index (κ1) is 11.8. The lowest BCUT2D eigenvalue weighted by Gasteiger charge is -1.93. The Morgan fingerprint density at radius 3 is 2.69 bits per heavy atom. The number of rotatable bonds is 2. The fraction of sp³-hybridized carbons (Fsp3) is 0.100.